The average molecular weight is 403 g/mol. The van der Waals surface area contributed by atoms with Crippen molar-refractivity contribution in [2.24, 2.45) is 0 Å². The lowest BCUT2D eigenvalue weighted by Gasteiger charge is -2.10. The van der Waals surface area contributed by atoms with Crippen LogP contribution >= 0.6 is 15.9 Å². The highest BCUT2D eigenvalue weighted by molar-refractivity contribution is 9.10. The minimum Gasteiger partial charge on any atom is -0.486 e. The Morgan fingerprint density at radius 1 is 1.24 bits per heavy atom. The summed E-state index contributed by atoms with van der Waals surface area (Å²) in [7, 11) is 1.33. The lowest BCUT2D eigenvalue weighted by Crippen LogP contribution is -2.16. The van der Waals surface area contributed by atoms with Gasteiger partial charge in [-0.05, 0) is 58.7 Å². The van der Waals surface area contributed by atoms with Gasteiger partial charge in [-0.25, -0.2) is 9.78 Å². The highest BCUT2D eigenvalue weighted by atomic mass is 79.9. The molecule has 128 valence electrons. The first-order chi connectivity index (χ1) is 12.0. The predicted molar refractivity (Wildman–Crippen MR) is 96.0 cm³/mol. The lowest BCUT2D eigenvalue weighted by atomic mass is 10.2. The number of fused-ring (bicyclic) bond motifs is 1. The molecule has 0 saturated heterocycles. The van der Waals surface area contributed by atoms with E-state index in [0.717, 1.165) is 5.56 Å². The monoisotopic (exact) mass is 402 g/mol. The van der Waals surface area contributed by atoms with E-state index in [1.807, 2.05) is 19.1 Å². The third-order valence-corrected chi connectivity index (χ3v) is 4.22. The van der Waals surface area contributed by atoms with Crippen molar-refractivity contribution in [3.63, 3.8) is 0 Å². The summed E-state index contributed by atoms with van der Waals surface area (Å²) in [5, 5.41) is 0. The molecule has 0 amide bonds. The zero-order valence-electron chi connectivity index (χ0n) is 13.7. The van der Waals surface area contributed by atoms with Gasteiger partial charge in [-0.2, -0.15) is 0 Å². The molecule has 0 aliphatic rings. The van der Waals surface area contributed by atoms with E-state index in [-0.39, 0.29) is 12.2 Å². The minimum atomic E-state index is -0.424. The van der Waals surface area contributed by atoms with Gasteiger partial charge in [0.15, 0.2) is 0 Å². The standard InChI is InChI=1S/C18H15BrN2O4/c1-11-5-6-21-16(7-11)20-13(9-17(21)22)10-25-15-4-3-12(8-14(15)19)18(23)24-2/h3-9H,10H2,1-2H3. The number of nitrogens with zero attached hydrogens (tertiary/aromatic N) is 2. The average Bonchev–Trinajstić information content (AvgIpc) is 2.59. The molecule has 7 heteroatoms. The Bertz CT molecular complexity index is 1010. The van der Waals surface area contributed by atoms with Crippen LogP contribution in [0.5, 0.6) is 5.75 Å². The summed E-state index contributed by atoms with van der Waals surface area (Å²) in [6.07, 6.45) is 1.70. The van der Waals surface area contributed by atoms with Gasteiger partial charge in [0.05, 0.1) is 22.8 Å². The fraction of sp³-hybridized carbons (Fsp3) is 0.167. The molecule has 0 aliphatic heterocycles. The second-order valence-electron chi connectivity index (χ2n) is 5.44. The van der Waals surface area contributed by atoms with Gasteiger partial charge in [0, 0.05) is 12.3 Å². The number of methoxy groups -OCH3 is 1. The quantitative estimate of drug-likeness (QED) is 0.626. The van der Waals surface area contributed by atoms with Crippen LogP contribution in [-0.4, -0.2) is 22.5 Å². The summed E-state index contributed by atoms with van der Waals surface area (Å²) in [5.41, 5.74) is 2.37. The van der Waals surface area contributed by atoms with Crippen molar-refractivity contribution in [3.05, 3.63) is 74.2 Å². The molecule has 25 heavy (non-hydrogen) atoms. The van der Waals surface area contributed by atoms with Gasteiger partial charge in [0.1, 0.15) is 18.0 Å². The smallest absolute Gasteiger partial charge is 0.337 e. The number of rotatable bonds is 4. The zero-order valence-corrected chi connectivity index (χ0v) is 15.2. The molecule has 2 aromatic heterocycles. The van der Waals surface area contributed by atoms with Crippen LogP contribution in [0, 0.1) is 6.92 Å². The van der Waals surface area contributed by atoms with Gasteiger partial charge < -0.3 is 9.47 Å². The highest BCUT2D eigenvalue weighted by Gasteiger charge is 2.10. The Balaban J connectivity index is 1.83. The molecule has 3 aromatic rings. The van der Waals surface area contributed by atoms with Gasteiger partial charge in [0.2, 0.25) is 0 Å². The van der Waals surface area contributed by atoms with Crippen LogP contribution in [0.1, 0.15) is 21.6 Å². The number of ether oxygens (including phenoxy) is 2. The van der Waals surface area contributed by atoms with E-state index in [9.17, 15) is 9.59 Å². The van der Waals surface area contributed by atoms with Gasteiger partial charge in [-0.1, -0.05) is 0 Å². The Kier molecular flexibility index (Phi) is 4.85. The third-order valence-electron chi connectivity index (χ3n) is 3.60. The van der Waals surface area contributed by atoms with Gasteiger partial charge in [0.25, 0.3) is 5.56 Å². The van der Waals surface area contributed by atoms with E-state index in [0.29, 0.717) is 27.1 Å². The molecule has 1 aromatic carbocycles. The molecule has 3 rings (SSSR count). The van der Waals surface area contributed by atoms with Crippen LogP contribution in [0.2, 0.25) is 0 Å². The summed E-state index contributed by atoms with van der Waals surface area (Å²) in [6, 6.07) is 10.0. The van der Waals surface area contributed by atoms with Crippen LogP contribution in [0.3, 0.4) is 0 Å². The molecule has 0 fully saturated rings. The molecule has 0 N–H and O–H groups in total. The van der Waals surface area contributed by atoms with Crippen LogP contribution in [0.25, 0.3) is 5.65 Å². The number of carbonyl (C=O) groups is 1. The molecule has 0 aliphatic carbocycles. The predicted octanol–water partition coefficient (Wildman–Crippen LogP) is 3.13. The SMILES string of the molecule is COC(=O)c1ccc(OCc2cc(=O)n3ccc(C)cc3n2)c(Br)c1. The van der Waals surface area contributed by atoms with Crippen molar-refractivity contribution in [1.29, 1.82) is 0 Å². The second-order valence-corrected chi connectivity index (χ2v) is 6.30. The molecular weight excluding hydrogens is 388 g/mol. The number of halogens is 1. The number of aromatic nitrogens is 2. The maximum atomic E-state index is 12.1. The Morgan fingerprint density at radius 2 is 2.04 bits per heavy atom. The lowest BCUT2D eigenvalue weighted by molar-refractivity contribution is 0.0600. The number of benzene rings is 1. The van der Waals surface area contributed by atoms with Crippen molar-refractivity contribution in [2.45, 2.75) is 13.5 Å². The Labute approximate surface area is 152 Å². The van der Waals surface area contributed by atoms with Gasteiger partial charge >= 0.3 is 5.97 Å². The van der Waals surface area contributed by atoms with Crippen molar-refractivity contribution in [2.75, 3.05) is 7.11 Å². The molecule has 0 radical (unpaired) electrons. The summed E-state index contributed by atoms with van der Waals surface area (Å²) < 4.78 is 12.5. The van der Waals surface area contributed by atoms with E-state index >= 15 is 0 Å². The second kappa shape index (κ2) is 7.06. The minimum absolute atomic E-state index is 0.135. The van der Waals surface area contributed by atoms with Crippen molar-refractivity contribution >= 4 is 27.5 Å². The number of aryl methyl sites for hydroxylation is 1. The topological polar surface area (TPSA) is 69.9 Å². The Hall–Kier alpha value is -2.67. The van der Waals surface area contributed by atoms with Crippen molar-refractivity contribution in [3.8, 4) is 5.75 Å². The number of carbonyl (C=O) groups excluding carboxylic acids is 1. The van der Waals surface area contributed by atoms with E-state index in [1.165, 1.54) is 17.6 Å². The highest BCUT2D eigenvalue weighted by Crippen LogP contribution is 2.27. The van der Waals surface area contributed by atoms with Crippen molar-refractivity contribution < 1.29 is 14.3 Å². The molecule has 0 atom stereocenters. The molecule has 0 unspecified atom stereocenters. The summed E-state index contributed by atoms with van der Waals surface area (Å²) in [5.74, 6) is 0.116. The normalized spacial score (nSPS) is 10.7. The first kappa shape index (κ1) is 17.2. The summed E-state index contributed by atoms with van der Waals surface area (Å²) >= 11 is 3.36. The number of esters is 1. The summed E-state index contributed by atoms with van der Waals surface area (Å²) in [6.45, 7) is 2.07. The van der Waals surface area contributed by atoms with Crippen LogP contribution in [0.4, 0.5) is 0 Å². The Morgan fingerprint density at radius 3 is 2.76 bits per heavy atom. The fourth-order valence-corrected chi connectivity index (χ4v) is 2.84. The van der Waals surface area contributed by atoms with E-state index < -0.39 is 5.97 Å². The molecular formula is C18H15BrN2O4. The molecule has 0 saturated carbocycles. The van der Waals surface area contributed by atoms with Gasteiger partial charge in [-0.15, -0.1) is 0 Å². The fourth-order valence-electron chi connectivity index (χ4n) is 2.34. The zero-order chi connectivity index (χ0) is 18.0. The maximum absolute atomic E-state index is 12.1. The molecule has 0 spiro atoms. The van der Waals surface area contributed by atoms with E-state index in [2.05, 4.69) is 25.7 Å². The maximum Gasteiger partial charge on any atom is 0.337 e. The van der Waals surface area contributed by atoms with Crippen molar-refractivity contribution in [1.82, 2.24) is 9.38 Å². The van der Waals surface area contributed by atoms with E-state index in [4.69, 9.17) is 4.74 Å². The van der Waals surface area contributed by atoms with Crippen LogP contribution in [0.15, 0.2) is 51.9 Å². The first-order valence-electron chi connectivity index (χ1n) is 7.47. The first-order valence-corrected chi connectivity index (χ1v) is 8.27. The number of hydrogen-bond acceptors (Lipinski definition) is 5. The number of pyridine rings is 1. The molecule has 2 heterocycles. The van der Waals surface area contributed by atoms with E-state index in [1.54, 1.807) is 24.4 Å². The number of hydrogen-bond donors (Lipinski definition) is 0. The van der Waals surface area contributed by atoms with Crippen LogP contribution < -0.4 is 10.3 Å². The molecule has 6 nitrogen and oxygen atoms in total. The summed E-state index contributed by atoms with van der Waals surface area (Å²) in [4.78, 5) is 28.1. The molecule has 0 bridgehead atoms. The third kappa shape index (κ3) is 3.71. The van der Waals surface area contributed by atoms with Gasteiger partial charge in [-0.3, -0.25) is 9.20 Å². The van der Waals surface area contributed by atoms with Crippen LogP contribution in [-0.2, 0) is 11.3 Å². The largest absolute Gasteiger partial charge is 0.486 e.